The van der Waals surface area contributed by atoms with Crippen molar-refractivity contribution in [1.82, 2.24) is 4.98 Å². The van der Waals surface area contributed by atoms with Gasteiger partial charge in [0.05, 0.1) is 19.4 Å². The number of aromatic nitrogens is 1. The molecule has 0 atom stereocenters. The summed E-state index contributed by atoms with van der Waals surface area (Å²) in [6.45, 7) is 11.4. The summed E-state index contributed by atoms with van der Waals surface area (Å²) in [5.41, 5.74) is 1.07. The van der Waals surface area contributed by atoms with E-state index in [1.165, 1.54) is 7.11 Å². The highest BCUT2D eigenvalue weighted by atomic mass is 28.4. The fourth-order valence-electron chi connectivity index (χ4n) is 1.28. The van der Waals surface area contributed by atoms with E-state index in [1.54, 1.807) is 6.07 Å². The summed E-state index contributed by atoms with van der Waals surface area (Å²) in [7, 11) is -0.260. The van der Waals surface area contributed by atoms with Crippen molar-refractivity contribution in [1.29, 1.82) is 5.26 Å². The lowest BCUT2D eigenvalue weighted by atomic mass is 10.2. The quantitative estimate of drug-likeness (QED) is 0.791. The molecule has 4 nitrogen and oxygen atoms in total. The Balaban J connectivity index is 2.83. The predicted molar refractivity (Wildman–Crippen MR) is 77.5 cm³/mol. The molecule has 0 aliphatic heterocycles. The summed E-state index contributed by atoms with van der Waals surface area (Å²) in [6, 6.07) is 5.63. The Hall–Kier alpha value is -1.38. The Morgan fingerprint density at radius 2 is 1.95 bits per heavy atom. The van der Waals surface area contributed by atoms with Crippen LogP contribution in [0, 0.1) is 11.3 Å². The molecule has 0 saturated heterocycles. The Morgan fingerprint density at radius 1 is 1.32 bits per heavy atom. The zero-order chi connectivity index (χ0) is 14.7. The number of nitrogens with zero attached hydrogens (tertiary/aromatic N) is 2. The second-order valence-corrected chi connectivity index (χ2v) is 10.8. The fraction of sp³-hybridized carbons (Fsp3) is 0.571. The Morgan fingerprint density at radius 3 is 2.42 bits per heavy atom. The zero-order valence-corrected chi connectivity index (χ0v) is 13.6. The Bertz CT molecular complexity index is 487. The van der Waals surface area contributed by atoms with E-state index in [9.17, 15) is 0 Å². The van der Waals surface area contributed by atoms with E-state index in [0.717, 1.165) is 5.69 Å². The molecule has 19 heavy (non-hydrogen) atoms. The highest BCUT2D eigenvalue weighted by molar-refractivity contribution is 6.74. The molecule has 1 aromatic rings. The maximum Gasteiger partial charge on any atom is 0.192 e. The van der Waals surface area contributed by atoms with Gasteiger partial charge in [-0.05, 0) is 30.3 Å². The van der Waals surface area contributed by atoms with Crippen LogP contribution in [0.15, 0.2) is 12.1 Å². The molecule has 0 fully saturated rings. The number of pyridine rings is 1. The number of nitriles is 1. The third-order valence-corrected chi connectivity index (χ3v) is 8.11. The lowest BCUT2D eigenvalue weighted by molar-refractivity contribution is 0.271. The van der Waals surface area contributed by atoms with Gasteiger partial charge in [0.2, 0.25) is 0 Å². The summed E-state index contributed by atoms with van der Waals surface area (Å²) in [5.74, 6) is 0.499. The highest BCUT2D eigenvalue weighted by Crippen LogP contribution is 2.37. The minimum Gasteiger partial charge on any atom is -0.494 e. The molecule has 0 aliphatic rings. The first kappa shape index (κ1) is 15.7. The maximum atomic E-state index is 9.01. The van der Waals surface area contributed by atoms with Crippen LogP contribution in [0.4, 0.5) is 0 Å². The summed E-state index contributed by atoms with van der Waals surface area (Å²) < 4.78 is 11.2. The molecule has 5 heteroatoms. The van der Waals surface area contributed by atoms with E-state index in [-0.39, 0.29) is 5.04 Å². The first-order valence-corrected chi connectivity index (χ1v) is 9.20. The van der Waals surface area contributed by atoms with Gasteiger partial charge in [-0.15, -0.1) is 0 Å². The molecular weight excluding hydrogens is 256 g/mol. The minimum atomic E-state index is -1.79. The molecule has 1 rings (SSSR count). The molecule has 0 amide bonds. The van der Waals surface area contributed by atoms with Crippen molar-refractivity contribution in [3.63, 3.8) is 0 Å². The molecular formula is C14H22N2O2Si. The number of hydrogen-bond donors (Lipinski definition) is 0. The molecule has 1 aromatic heterocycles. The largest absolute Gasteiger partial charge is 0.494 e. The van der Waals surface area contributed by atoms with E-state index < -0.39 is 8.32 Å². The van der Waals surface area contributed by atoms with Gasteiger partial charge in [-0.1, -0.05) is 20.8 Å². The third-order valence-electron chi connectivity index (χ3n) is 3.63. The van der Waals surface area contributed by atoms with Crippen LogP contribution in [-0.4, -0.2) is 20.4 Å². The van der Waals surface area contributed by atoms with Gasteiger partial charge in [0.15, 0.2) is 19.8 Å². The standard InChI is InChI=1S/C14H22N2O2Si/c1-14(2,3)19(5,6)18-10-11-7-8-13(17-4)12(9-15)16-11/h7-8H,10H2,1-6H3. The number of rotatable bonds is 4. The van der Waals surface area contributed by atoms with Crippen LogP contribution in [0.3, 0.4) is 0 Å². The van der Waals surface area contributed by atoms with Gasteiger partial charge >= 0.3 is 0 Å². The monoisotopic (exact) mass is 278 g/mol. The van der Waals surface area contributed by atoms with E-state index >= 15 is 0 Å². The third kappa shape index (κ3) is 3.79. The first-order chi connectivity index (χ1) is 8.71. The van der Waals surface area contributed by atoms with Crippen LogP contribution in [0.5, 0.6) is 5.75 Å². The summed E-state index contributed by atoms with van der Waals surface area (Å²) in [5, 5.41) is 9.17. The molecule has 0 radical (unpaired) electrons. The van der Waals surface area contributed by atoms with E-state index in [4.69, 9.17) is 14.4 Å². The van der Waals surface area contributed by atoms with Crippen molar-refractivity contribution in [3.8, 4) is 11.8 Å². The van der Waals surface area contributed by atoms with Gasteiger partial charge in [0.25, 0.3) is 0 Å². The Kier molecular flexibility index (Phi) is 4.72. The summed E-state index contributed by atoms with van der Waals surface area (Å²) >= 11 is 0. The van der Waals surface area contributed by atoms with Gasteiger partial charge in [-0.2, -0.15) is 5.26 Å². The minimum absolute atomic E-state index is 0.164. The summed E-state index contributed by atoms with van der Waals surface area (Å²) in [4.78, 5) is 4.26. The van der Waals surface area contributed by atoms with Crippen LogP contribution in [0.2, 0.25) is 18.1 Å². The van der Waals surface area contributed by atoms with E-state index in [0.29, 0.717) is 18.1 Å². The maximum absolute atomic E-state index is 9.01. The second-order valence-electron chi connectivity index (χ2n) is 6.01. The molecule has 0 unspecified atom stereocenters. The summed E-state index contributed by atoms with van der Waals surface area (Å²) in [6.07, 6.45) is 0. The van der Waals surface area contributed by atoms with Crippen LogP contribution in [0.25, 0.3) is 0 Å². The number of hydrogen-bond acceptors (Lipinski definition) is 4. The predicted octanol–water partition coefficient (Wildman–Crippen LogP) is 3.48. The molecule has 0 aliphatic carbocycles. The first-order valence-electron chi connectivity index (χ1n) is 6.29. The lowest BCUT2D eigenvalue weighted by Crippen LogP contribution is -2.40. The van der Waals surface area contributed by atoms with Crippen molar-refractivity contribution in [2.45, 2.75) is 45.5 Å². The Labute approximate surface area is 116 Å². The van der Waals surface area contributed by atoms with Gasteiger partial charge in [-0.3, -0.25) is 0 Å². The average molecular weight is 278 g/mol. The average Bonchev–Trinajstić information content (AvgIpc) is 2.34. The molecule has 1 heterocycles. The topological polar surface area (TPSA) is 55.1 Å². The number of ether oxygens (including phenoxy) is 1. The van der Waals surface area contributed by atoms with E-state index in [1.807, 2.05) is 12.1 Å². The molecule has 0 saturated carbocycles. The molecule has 0 aromatic carbocycles. The smallest absolute Gasteiger partial charge is 0.192 e. The van der Waals surface area contributed by atoms with Gasteiger partial charge in [0, 0.05) is 0 Å². The lowest BCUT2D eigenvalue weighted by Gasteiger charge is -2.36. The highest BCUT2D eigenvalue weighted by Gasteiger charge is 2.37. The van der Waals surface area contributed by atoms with Crippen LogP contribution >= 0.6 is 0 Å². The van der Waals surface area contributed by atoms with Crippen LogP contribution in [0.1, 0.15) is 32.2 Å². The molecule has 0 bridgehead atoms. The second kappa shape index (κ2) is 5.72. The van der Waals surface area contributed by atoms with Crippen LogP contribution in [-0.2, 0) is 11.0 Å². The molecule has 104 valence electrons. The van der Waals surface area contributed by atoms with E-state index in [2.05, 4.69) is 38.8 Å². The normalized spacial score (nSPS) is 12.1. The van der Waals surface area contributed by atoms with Crippen molar-refractivity contribution in [2.75, 3.05) is 7.11 Å². The van der Waals surface area contributed by atoms with Crippen molar-refractivity contribution in [2.24, 2.45) is 0 Å². The number of methoxy groups -OCH3 is 1. The van der Waals surface area contributed by atoms with Crippen LogP contribution < -0.4 is 4.74 Å². The van der Waals surface area contributed by atoms with Crippen molar-refractivity contribution < 1.29 is 9.16 Å². The molecule has 0 spiro atoms. The van der Waals surface area contributed by atoms with Gasteiger partial charge in [0.1, 0.15) is 6.07 Å². The van der Waals surface area contributed by atoms with Gasteiger partial charge < -0.3 is 9.16 Å². The van der Waals surface area contributed by atoms with Crippen molar-refractivity contribution in [3.05, 3.63) is 23.5 Å². The van der Waals surface area contributed by atoms with Gasteiger partial charge in [-0.25, -0.2) is 4.98 Å². The SMILES string of the molecule is COc1ccc(CO[Si](C)(C)C(C)(C)C)nc1C#N. The molecule has 0 N–H and O–H groups in total. The fourth-order valence-corrected chi connectivity index (χ4v) is 2.22. The zero-order valence-electron chi connectivity index (χ0n) is 12.6. The van der Waals surface area contributed by atoms with Crippen molar-refractivity contribution >= 4 is 8.32 Å².